The van der Waals surface area contributed by atoms with Gasteiger partial charge < -0.3 is 14.1 Å². The second-order valence-electron chi connectivity index (χ2n) is 9.68. The molecule has 1 N–H and O–H groups in total. The molecule has 0 spiro atoms. The summed E-state index contributed by atoms with van der Waals surface area (Å²) in [5, 5.41) is 13.9. The minimum atomic E-state index is -0.546. The number of furan rings is 1. The molecule has 4 heterocycles. The molecule has 1 saturated carbocycles. The van der Waals surface area contributed by atoms with Crippen LogP contribution in [0.25, 0.3) is 10.9 Å². The van der Waals surface area contributed by atoms with Crippen molar-refractivity contribution in [2.45, 2.75) is 50.9 Å². The number of hydrogen-bond donors (Lipinski definition) is 1. The molecule has 1 unspecified atom stereocenters. The second kappa shape index (κ2) is 10.6. The number of fused-ring (bicyclic) bond motifs is 1. The number of rotatable bonds is 9. The van der Waals surface area contributed by atoms with Crippen LogP contribution in [-0.2, 0) is 13.1 Å². The summed E-state index contributed by atoms with van der Waals surface area (Å²) in [6.45, 7) is 0.950. The van der Waals surface area contributed by atoms with Gasteiger partial charge in [-0.05, 0) is 71.3 Å². The first-order valence-corrected chi connectivity index (χ1v) is 12.8. The number of ether oxygens (including phenoxy) is 1. The number of aromatic nitrogens is 6. The molecule has 0 aliphatic heterocycles. The highest BCUT2D eigenvalue weighted by Gasteiger charge is 2.34. The minimum absolute atomic E-state index is 0.190. The van der Waals surface area contributed by atoms with Gasteiger partial charge in [-0.2, -0.15) is 0 Å². The van der Waals surface area contributed by atoms with Crippen molar-refractivity contribution < 1.29 is 9.15 Å². The number of pyridine rings is 2. The lowest BCUT2D eigenvalue weighted by Gasteiger charge is -2.31. The average Bonchev–Trinajstić information content (AvgIpc) is 3.73. The third-order valence-corrected chi connectivity index (χ3v) is 7.22. The number of aromatic amines is 1. The van der Waals surface area contributed by atoms with Crippen LogP contribution in [0.15, 0.2) is 76.4 Å². The van der Waals surface area contributed by atoms with Gasteiger partial charge in [-0.25, -0.2) is 4.68 Å². The second-order valence-corrected chi connectivity index (χ2v) is 9.68. The Bertz CT molecular complexity index is 1560. The van der Waals surface area contributed by atoms with Crippen LogP contribution in [-0.4, -0.2) is 42.2 Å². The largest absolute Gasteiger partial charge is 0.497 e. The zero-order valence-electron chi connectivity index (χ0n) is 21.2. The van der Waals surface area contributed by atoms with Crippen molar-refractivity contribution in [1.82, 2.24) is 35.1 Å². The van der Waals surface area contributed by atoms with E-state index >= 15 is 0 Å². The standard InChI is InChI=1S/C28H29N7O3/c1-37-22-10-11-25-20(14-22)15-24(28(36)30-25)26(27-31-32-33-35(27)21-7-2-3-8-21)34(18-23-9-5-13-38-23)17-19-6-4-12-29-16-19/h4-6,9-16,21,26H,2-3,7-8,17-18H2,1H3,(H,30,36). The molecule has 1 aliphatic rings. The zero-order valence-corrected chi connectivity index (χ0v) is 21.2. The van der Waals surface area contributed by atoms with Gasteiger partial charge in [0, 0.05) is 35.4 Å². The van der Waals surface area contributed by atoms with Gasteiger partial charge in [-0.15, -0.1) is 5.10 Å². The Morgan fingerprint density at radius 3 is 2.82 bits per heavy atom. The predicted molar refractivity (Wildman–Crippen MR) is 140 cm³/mol. The van der Waals surface area contributed by atoms with E-state index in [9.17, 15) is 4.79 Å². The van der Waals surface area contributed by atoms with Gasteiger partial charge in [-0.1, -0.05) is 18.9 Å². The van der Waals surface area contributed by atoms with E-state index in [0.717, 1.165) is 47.9 Å². The number of nitrogens with zero attached hydrogens (tertiary/aromatic N) is 6. The first kappa shape index (κ1) is 24.1. The summed E-state index contributed by atoms with van der Waals surface area (Å²) in [6, 6.07) is 14.9. The summed E-state index contributed by atoms with van der Waals surface area (Å²) in [7, 11) is 1.63. The van der Waals surface area contributed by atoms with Crippen molar-refractivity contribution in [3.8, 4) is 5.75 Å². The van der Waals surface area contributed by atoms with Crippen LogP contribution in [0.2, 0.25) is 0 Å². The Balaban J connectivity index is 1.53. The van der Waals surface area contributed by atoms with Crippen molar-refractivity contribution in [2.24, 2.45) is 0 Å². The van der Waals surface area contributed by atoms with Crippen LogP contribution in [0.3, 0.4) is 0 Å². The Kier molecular flexibility index (Phi) is 6.70. The van der Waals surface area contributed by atoms with Crippen molar-refractivity contribution in [2.75, 3.05) is 7.11 Å². The Morgan fingerprint density at radius 1 is 1.16 bits per heavy atom. The van der Waals surface area contributed by atoms with Gasteiger partial charge in [0.1, 0.15) is 17.6 Å². The van der Waals surface area contributed by atoms with Crippen molar-refractivity contribution in [3.05, 3.63) is 100 Å². The fraction of sp³-hybridized carbons (Fsp3) is 0.321. The number of tetrazole rings is 1. The molecule has 38 heavy (non-hydrogen) atoms. The molecule has 1 atom stereocenters. The van der Waals surface area contributed by atoms with Gasteiger partial charge in [-0.3, -0.25) is 14.7 Å². The molecule has 10 heteroatoms. The SMILES string of the molecule is COc1ccc2[nH]c(=O)c(C(c3nnnn3C3CCCC3)N(Cc3cccnc3)Cc3ccco3)cc2c1. The maximum absolute atomic E-state index is 13.7. The Labute approximate surface area is 219 Å². The topological polar surface area (TPSA) is 115 Å². The van der Waals surface area contributed by atoms with Gasteiger partial charge in [0.15, 0.2) is 5.82 Å². The van der Waals surface area contributed by atoms with Crippen LogP contribution in [0, 0.1) is 0 Å². The Hall–Kier alpha value is -4.31. The maximum atomic E-state index is 13.7. The molecule has 5 aromatic rings. The van der Waals surface area contributed by atoms with Crippen LogP contribution in [0.1, 0.15) is 60.5 Å². The van der Waals surface area contributed by atoms with Crippen molar-refractivity contribution >= 4 is 10.9 Å². The van der Waals surface area contributed by atoms with Crippen LogP contribution in [0.5, 0.6) is 5.75 Å². The summed E-state index contributed by atoms with van der Waals surface area (Å²) >= 11 is 0. The molecule has 1 aromatic carbocycles. The van der Waals surface area contributed by atoms with Gasteiger partial charge >= 0.3 is 0 Å². The molecule has 1 aliphatic carbocycles. The molecule has 4 aromatic heterocycles. The number of hydrogen-bond acceptors (Lipinski definition) is 8. The molecule has 10 nitrogen and oxygen atoms in total. The summed E-state index contributed by atoms with van der Waals surface area (Å²) < 4.78 is 13.1. The first-order valence-electron chi connectivity index (χ1n) is 12.8. The summed E-state index contributed by atoms with van der Waals surface area (Å²) in [5.74, 6) is 2.13. The highest BCUT2D eigenvalue weighted by atomic mass is 16.5. The highest BCUT2D eigenvalue weighted by molar-refractivity contribution is 5.80. The zero-order chi connectivity index (χ0) is 25.9. The molecule has 0 saturated heterocycles. The minimum Gasteiger partial charge on any atom is -0.497 e. The lowest BCUT2D eigenvalue weighted by Crippen LogP contribution is -2.35. The van der Waals surface area contributed by atoms with E-state index in [1.165, 1.54) is 0 Å². The summed E-state index contributed by atoms with van der Waals surface area (Å²) in [6.07, 6.45) is 9.53. The van der Waals surface area contributed by atoms with Crippen LogP contribution < -0.4 is 10.3 Å². The maximum Gasteiger partial charge on any atom is 0.253 e. The van der Waals surface area contributed by atoms with E-state index in [1.807, 2.05) is 59.4 Å². The smallest absolute Gasteiger partial charge is 0.253 e. The van der Waals surface area contributed by atoms with Crippen molar-refractivity contribution in [3.63, 3.8) is 0 Å². The Morgan fingerprint density at radius 2 is 2.05 bits per heavy atom. The van der Waals surface area contributed by atoms with Crippen molar-refractivity contribution in [1.29, 1.82) is 0 Å². The van der Waals surface area contributed by atoms with E-state index < -0.39 is 6.04 Å². The van der Waals surface area contributed by atoms with Gasteiger partial charge in [0.05, 0.1) is 26.0 Å². The van der Waals surface area contributed by atoms with Gasteiger partial charge in [0.25, 0.3) is 5.56 Å². The fourth-order valence-electron chi connectivity index (χ4n) is 5.39. The molecular weight excluding hydrogens is 482 g/mol. The number of H-pyrrole nitrogens is 1. The molecule has 0 amide bonds. The number of benzene rings is 1. The van der Waals surface area contributed by atoms with Crippen LogP contribution in [0.4, 0.5) is 0 Å². The predicted octanol–water partition coefficient (Wildman–Crippen LogP) is 4.42. The quantitative estimate of drug-likeness (QED) is 0.309. The van der Waals surface area contributed by atoms with E-state index in [0.29, 0.717) is 30.2 Å². The third kappa shape index (κ3) is 4.82. The van der Waals surface area contributed by atoms with Crippen LogP contribution >= 0.6 is 0 Å². The average molecular weight is 512 g/mol. The van der Waals surface area contributed by atoms with E-state index in [2.05, 4.69) is 30.4 Å². The monoisotopic (exact) mass is 511 g/mol. The number of methoxy groups -OCH3 is 1. The molecule has 6 rings (SSSR count). The van der Waals surface area contributed by atoms with E-state index in [-0.39, 0.29) is 11.6 Å². The number of nitrogens with one attached hydrogen (secondary N) is 1. The molecule has 194 valence electrons. The molecule has 0 bridgehead atoms. The molecule has 0 radical (unpaired) electrons. The molecule has 1 fully saturated rings. The first-order chi connectivity index (χ1) is 18.7. The fourth-order valence-corrected chi connectivity index (χ4v) is 5.39. The normalized spacial score (nSPS) is 14.9. The lowest BCUT2D eigenvalue weighted by molar-refractivity contribution is 0.176. The summed E-state index contributed by atoms with van der Waals surface area (Å²) in [4.78, 5) is 23.2. The lowest BCUT2D eigenvalue weighted by atomic mass is 10.0. The highest BCUT2D eigenvalue weighted by Crippen LogP contribution is 2.35. The van der Waals surface area contributed by atoms with E-state index in [4.69, 9.17) is 9.15 Å². The van der Waals surface area contributed by atoms with E-state index in [1.54, 1.807) is 19.6 Å². The van der Waals surface area contributed by atoms with Gasteiger partial charge in [0.2, 0.25) is 0 Å². The summed E-state index contributed by atoms with van der Waals surface area (Å²) in [5.41, 5.74) is 2.10. The third-order valence-electron chi connectivity index (χ3n) is 7.22. The molecular formula is C28H29N7O3.